The molecule has 45 heavy (non-hydrogen) atoms. The van der Waals surface area contributed by atoms with Crippen molar-refractivity contribution in [2.24, 2.45) is 0 Å². The third-order valence-electron chi connectivity index (χ3n) is 7.16. The fraction of sp³-hybridized carbons (Fsp3) is 0.125. The van der Waals surface area contributed by atoms with Crippen molar-refractivity contribution in [3.05, 3.63) is 125 Å². The van der Waals surface area contributed by atoms with Gasteiger partial charge < -0.3 is 0 Å². The molecule has 0 atom stereocenters. The van der Waals surface area contributed by atoms with E-state index in [1.165, 1.54) is 42.5 Å². The van der Waals surface area contributed by atoms with Crippen LogP contribution >= 0.6 is 23.2 Å². The van der Waals surface area contributed by atoms with Crippen LogP contribution in [0.4, 0.5) is 10.2 Å². The Morgan fingerprint density at radius 3 is 2.40 bits per heavy atom. The monoisotopic (exact) mass is 662 g/mol. The van der Waals surface area contributed by atoms with E-state index in [2.05, 4.69) is 37.4 Å². The van der Waals surface area contributed by atoms with E-state index < -0.39 is 21.1 Å². The van der Waals surface area contributed by atoms with Crippen molar-refractivity contribution in [1.82, 2.24) is 25.2 Å². The Hall–Kier alpha value is -4.58. The van der Waals surface area contributed by atoms with Crippen LogP contribution in [0.3, 0.4) is 0 Å². The number of aromatic amines is 1. The van der Waals surface area contributed by atoms with Crippen molar-refractivity contribution in [3.63, 3.8) is 0 Å². The third kappa shape index (κ3) is 7.06. The molecular weight excluding hydrogens is 638 g/mol. The maximum Gasteiger partial charge on any atom is 0.263 e. The standard InChI is InChI=1S/C25H21ClN6O2S.C7H4ClFO/c26-19-9-11-20(12-10-19)35(33,34)30-25-21-14-18(8-13-22(21)27-29-25)23-24(17-6-7-17)32(31-28-23)15-16-4-2-1-3-5-16;8-7(10)5-2-1-3-6(9)4-5/h1-5,8-14,17H,6-7,15H2,(H2,27,29,30);1-4H. The quantitative estimate of drug-likeness (QED) is 0.164. The lowest BCUT2D eigenvalue weighted by atomic mass is 10.1. The summed E-state index contributed by atoms with van der Waals surface area (Å²) in [4.78, 5) is 10.5. The third-order valence-corrected chi connectivity index (χ3v) is 8.98. The van der Waals surface area contributed by atoms with Crippen LogP contribution in [0.5, 0.6) is 0 Å². The first-order chi connectivity index (χ1) is 21.7. The number of hydrogen-bond donors (Lipinski definition) is 2. The average Bonchev–Trinajstić information content (AvgIpc) is 3.67. The van der Waals surface area contributed by atoms with Crippen LogP contribution in [0.1, 0.15) is 40.4 Å². The van der Waals surface area contributed by atoms with Crippen LogP contribution in [0.25, 0.3) is 22.2 Å². The van der Waals surface area contributed by atoms with Crippen LogP contribution in [0.15, 0.2) is 102 Å². The molecule has 1 saturated carbocycles. The van der Waals surface area contributed by atoms with Crippen molar-refractivity contribution in [2.75, 3.05) is 4.72 Å². The Morgan fingerprint density at radius 1 is 0.978 bits per heavy atom. The normalized spacial score (nSPS) is 12.9. The van der Waals surface area contributed by atoms with Crippen LogP contribution in [0.2, 0.25) is 5.02 Å². The number of carbonyl (C=O) groups excluding carboxylic acids is 1. The lowest BCUT2D eigenvalue weighted by Crippen LogP contribution is -2.13. The van der Waals surface area contributed by atoms with E-state index in [1.807, 2.05) is 41.1 Å². The lowest BCUT2D eigenvalue weighted by molar-refractivity contribution is 0.108. The first-order valence-electron chi connectivity index (χ1n) is 13.9. The first kappa shape index (κ1) is 30.4. The number of nitrogens with one attached hydrogen (secondary N) is 2. The molecule has 0 unspecified atom stereocenters. The highest BCUT2D eigenvalue weighted by Gasteiger charge is 2.32. The minimum atomic E-state index is -3.83. The zero-order valence-corrected chi connectivity index (χ0v) is 25.8. The van der Waals surface area contributed by atoms with Crippen LogP contribution in [0, 0.1) is 5.82 Å². The molecule has 0 spiro atoms. The largest absolute Gasteiger partial charge is 0.276 e. The van der Waals surface area contributed by atoms with Gasteiger partial charge in [0.25, 0.3) is 15.3 Å². The van der Waals surface area contributed by atoms with Crippen molar-refractivity contribution < 1.29 is 17.6 Å². The highest BCUT2D eigenvalue weighted by molar-refractivity contribution is 7.92. The molecule has 1 aliphatic rings. The van der Waals surface area contributed by atoms with Crippen LogP contribution < -0.4 is 4.72 Å². The van der Waals surface area contributed by atoms with Gasteiger partial charge in [0.2, 0.25) is 0 Å². The summed E-state index contributed by atoms with van der Waals surface area (Å²) in [5.74, 6) is 0.194. The second-order valence-corrected chi connectivity index (χ2v) is 12.9. The van der Waals surface area contributed by atoms with E-state index in [0.717, 1.165) is 41.4 Å². The number of aromatic nitrogens is 5. The van der Waals surface area contributed by atoms with Crippen molar-refractivity contribution in [2.45, 2.75) is 30.2 Å². The summed E-state index contributed by atoms with van der Waals surface area (Å²) in [5.41, 5.74) is 4.86. The van der Waals surface area contributed by atoms with Gasteiger partial charge in [0.15, 0.2) is 5.82 Å². The molecule has 1 aliphatic carbocycles. The minimum absolute atomic E-state index is 0.106. The molecule has 2 heterocycles. The molecule has 9 nitrogen and oxygen atoms in total. The Bertz CT molecular complexity index is 2100. The predicted octanol–water partition coefficient (Wildman–Crippen LogP) is 7.41. The molecule has 0 amide bonds. The molecule has 0 bridgehead atoms. The number of fused-ring (bicyclic) bond motifs is 1. The average molecular weight is 664 g/mol. The molecule has 0 saturated heterocycles. The zero-order chi connectivity index (χ0) is 31.6. The van der Waals surface area contributed by atoms with E-state index in [0.29, 0.717) is 28.4 Å². The maximum absolute atomic E-state index is 12.9. The molecule has 7 rings (SSSR count). The summed E-state index contributed by atoms with van der Waals surface area (Å²) in [6.07, 6.45) is 2.21. The van der Waals surface area contributed by atoms with Gasteiger partial charge in [0.1, 0.15) is 11.5 Å². The summed E-state index contributed by atoms with van der Waals surface area (Å²) in [6.45, 7) is 0.653. The minimum Gasteiger partial charge on any atom is -0.276 e. The molecule has 13 heteroatoms. The zero-order valence-electron chi connectivity index (χ0n) is 23.5. The Kier molecular flexibility index (Phi) is 8.66. The fourth-order valence-corrected chi connectivity index (χ4v) is 6.08. The smallest absolute Gasteiger partial charge is 0.263 e. The van der Waals surface area contributed by atoms with Gasteiger partial charge in [-0.3, -0.25) is 14.6 Å². The summed E-state index contributed by atoms with van der Waals surface area (Å²) >= 11 is 11.0. The number of benzene rings is 4. The van der Waals surface area contributed by atoms with Gasteiger partial charge in [0, 0.05) is 27.5 Å². The second kappa shape index (κ2) is 12.8. The van der Waals surface area contributed by atoms with Crippen molar-refractivity contribution in [1.29, 1.82) is 0 Å². The van der Waals surface area contributed by atoms with Gasteiger partial charge in [-0.2, -0.15) is 5.10 Å². The Balaban J connectivity index is 0.000000306. The van der Waals surface area contributed by atoms with Gasteiger partial charge >= 0.3 is 0 Å². The number of anilines is 1. The first-order valence-corrected chi connectivity index (χ1v) is 16.1. The summed E-state index contributed by atoms with van der Waals surface area (Å²) in [5, 5.41) is 16.6. The molecule has 0 aliphatic heterocycles. The Labute approximate surface area is 268 Å². The molecule has 0 radical (unpaired) electrons. The molecule has 228 valence electrons. The number of sulfonamides is 1. The van der Waals surface area contributed by atoms with E-state index in [9.17, 15) is 17.6 Å². The van der Waals surface area contributed by atoms with E-state index >= 15 is 0 Å². The van der Waals surface area contributed by atoms with E-state index in [-0.39, 0.29) is 16.3 Å². The van der Waals surface area contributed by atoms with Crippen molar-refractivity contribution in [3.8, 4) is 11.3 Å². The number of nitrogens with zero attached hydrogens (tertiary/aromatic N) is 4. The fourth-order valence-electron chi connectivity index (χ4n) is 4.81. The van der Waals surface area contributed by atoms with Gasteiger partial charge in [-0.15, -0.1) is 5.10 Å². The molecule has 6 aromatic rings. The summed E-state index contributed by atoms with van der Waals surface area (Å²) < 4.78 is 42.7. The number of H-pyrrole nitrogens is 1. The summed E-state index contributed by atoms with van der Waals surface area (Å²) in [6, 6.07) is 27.2. The molecule has 4 aromatic carbocycles. The lowest BCUT2D eigenvalue weighted by Gasteiger charge is -2.08. The topological polar surface area (TPSA) is 123 Å². The van der Waals surface area contributed by atoms with Crippen molar-refractivity contribution >= 4 is 55.2 Å². The van der Waals surface area contributed by atoms with E-state index in [4.69, 9.17) is 23.2 Å². The van der Waals surface area contributed by atoms with E-state index in [1.54, 1.807) is 0 Å². The second-order valence-electron chi connectivity index (χ2n) is 10.4. The number of carbonyl (C=O) groups is 1. The number of rotatable bonds is 8. The number of hydrogen-bond acceptors (Lipinski definition) is 6. The molecule has 2 N–H and O–H groups in total. The Morgan fingerprint density at radius 2 is 1.73 bits per heavy atom. The van der Waals surface area contributed by atoms with Gasteiger partial charge in [-0.05, 0) is 84.6 Å². The highest BCUT2D eigenvalue weighted by Crippen LogP contribution is 2.44. The molecule has 1 fully saturated rings. The SMILES string of the molecule is O=C(Cl)c1cccc(F)c1.O=S(=O)(Nc1n[nH]c2ccc(-c3nnn(Cc4ccccc4)c3C3CC3)cc12)c1ccc(Cl)cc1. The van der Waals surface area contributed by atoms with Crippen LogP contribution in [-0.2, 0) is 16.6 Å². The highest BCUT2D eigenvalue weighted by atomic mass is 35.5. The molecular formula is C32H25Cl2FN6O3S. The van der Waals surface area contributed by atoms with Gasteiger partial charge in [-0.25, -0.2) is 17.5 Å². The van der Waals surface area contributed by atoms with Gasteiger partial charge in [0.05, 0.1) is 22.7 Å². The molecule has 2 aromatic heterocycles. The predicted molar refractivity (Wildman–Crippen MR) is 171 cm³/mol. The maximum atomic E-state index is 12.9. The number of halogens is 3. The summed E-state index contributed by atoms with van der Waals surface area (Å²) in [7, 11) is -3.83. The van der Waals surface area contributed by atoms with Crippen LogP contribution in [-0.4, -0.2) is 38.9 Å². The van der Waals surface area contributed by atoms with Gasteiger partial charge in [-0.1, -0.05) is 59.3 Å².